The molecule has 0 saturated heterocycles. The first-order chi connectivity index (χ1) is 7.11. The second-order valence-electron chi connectivity index (χ2n) is 4.40. The molecule has 2 atom stereocenters. The van der Waals surface area contributed by atoms with Crippen LogP contribution in [0.25, 0.3) is 0 Å². The predicted molar refractivity (Wildman–Crippen MR) is 59.5 cm³/mol. The Morgan fingerprint density at radius 1 is 1.40 bits per heavy atom. The van der Waals surface area contributed by atoms with Gasteiger partial charge in [-0.1, -0.05) is 12.8 Å². The molecule has 1 amide bonds. The Morgan fingerprint density at radius 2 is 2.07 bits per heavy atom. The largest absolute Gasteiger partial charge is 0.376 e. The van der Waals surface area contributed by atoms with E-state index in [9.17, 15) is 4.79 Å². The molecular formula is C11H22N2O2. The average Bonchev–Trinajstić information content (AvgIpc) is 2.20. The zero-order valence-corrected chi connectivity index (χ0v) is 9.74. The molecule has 0 spiro atoms. The van der Waals surface area contributed by atoms with Gasteiger partial charge in [-0.25, -0.2) is 0 Å². The summed E-state index contributed by atoms with van der Waals surface area (Å²) in [4.78, 5) is 12.9. The molecular weight excluding hydrogens is 192 g/mol. The molecule has 0 aromatic carbocycles. The van der Waals surface area contributed by atoms with Crippen LogP contribution in [-0.2, 0) is 9.53 Å². The van der Waals surface area contributed by atoms with E-state index in [0.29, 0.717) is 13.0 Å². The van der Waals surface area contributed by atoms with Gasteiger partial charge in [-0.2, -0.15) is 0 Å². The summed E-state index contributed by atoms with van der Waals surface area (Å²) < 4.78 is 5.64. The van der Waals surface area contributed by atoms with Crippen molar-refractivity contribution in [3.63, 3.8) is 0 Å². The Morgan fingerprint density at radius 3 is 2.67 bits per heavy atom. The van der Waals surface area contributed by atoms with Crippen LogP contribution in [0.3, 0.4) is 0 Å². The Kier molecular flexibility index (Phi) is 5.05. The highest BCUT2D eigenvalue weighted by molar-refractivity contribution is 5.75. The summed E-state index contributed by atoms with van der Waals surface area (Å²) in [5.41, 5.74) is 5.94. The number of carbonyl (C=O) groups excluding carboxylic acids is 1. The topological polar surface area (TPSA) is 55.6 Å². The van der Waals surface area contributed by atoms with Gasteiger partial charge < -0.3 is 15.4 Å². The Hall–Kier alpha value is -0.610. The molecule has 88 valence electrons. The van der Waals surface area contributed by atoms with E-state index in [4.69, 9.17) is 10.5 Å². The van der Waals surface area contributed by atoms with Gasteiger partial charge in [-0.3, -0.25) is 4.79 Å². The minimum absolute atomic E-state index is 0.111. The van der Waals surface area contributed by atoms with E-state index >= 15 is 0 Å². The number of hydrogen-bond donors (Lipinski definition) is 1. The molecule has 0 aromatic rings. The Balaban J connectivity index is 2.16. The molecule has 0 aliphatic heterocycles. The van der Waals surface area contributed by atoms with E-state index in [0.717, 1.165) is 12.8 Å². The van der Waals surface area contributed by atoms with Crippen molar-refractivity contribution in [2.24, 2.45) is 5.73 Å². The summed E-state index contributed by atoms with van der Waals surface area (Å²) >= 11 is 0. The van der Waals surface area contributed by atoms with Crippen LogP contribution in [-0.4, -0.2) is 43.7 Å². The average molecular weight is 214 g/mol. The fourth-order valence-corrected chi connectivity index (χ4v) is 1.85. The molecule has 1 aliphatic carbocycles. The normalized spacial score (nSPS) is 26.3. The van der Waals surface area contributed by atoms with Crippen molar-refractivity contribution in [3.8, 4) is 0 Å². The maximum atomic E-state index is 11.3. The highest BCUT2D eigenvalue weighted by atomic mass is 16.5. The molecule has 0 heterocycles. The summed E-state index contributed by atoms with van der Waals surface area (Å²) in [7, 11) is 3.52. The number of ether oxygens (including phenoxy) is 1. The van der Waals surface area contributed by atoms with Crippen molar-refractivity contribution in [1.29, 1.82) is 0 Å². The summed E-state index contributed by atoms with van der Waals surface area (Å²) in [5.74, 6) is 0.111. The van der Waals surface area contributed by atoms with Crippen LogP contribution >= 0.6 is 0 Å². The smallest absolute Gasteiger partial charge is 0.224 e. The number of nitrogens with two attached hydrogens (primary N) is 1. The number of hydrogen-bond acceptors (Lipinski definition) is 3. The van der Waals surface area contributed by atoms with Gasteiger partial charge in [0.1, 0.15) is 0 Å². The van der Waals surface area contributed by atoms with Crippen LogP contribution in [0.4, 0.5) is 0 Å². The van der Waals surface area contributed by atoms with Gasteiger partial charge in [0.2, 0.25) is 5.91 Å². The first kappa shape index (κ1) is 12.5. The Bertz CT molecular complexity index is 207. The number of carbonyl (C=O) groups is 1. The standard InChI is InChI=1S/C11H22N2O2/c1-13(2)11(14)7-8-15-10-6-4-3-5-9(10)12/h9-10H,3-8,12H2,1-2H3. The number of nitrogens with zero attached hydrogens (tertiary/aromatic N) is 1. The van der Waals surface area contributed by atoms with Crippen LogP contribution in [0.1, 0.15) is 32.1 Å². The molecule has 2 unspecified atom stereocenters. The third kappa shape index (κ3) is 4.18. The third-order valence-corrected chi connectivity index (χ3v) is 2.90. The van der Waals surface area contributed by atoms with Gasteiger partial charge in [0, 0.05) is 20.1 Å². The van der Waals surface area contributed by atoms with Crippen molar-refractivity contribution < 1.29 is 9.53 Å². The summed E-state index contributed by atoms with van der Waals surface area (Å²) in [6.07, 6.45) is 5.10. The number of amides is 1. The molecule has 15 heavy (non-hydrogen) atoms. The lowest BCUT2D eigenvalue weighted by atomic mass is 9.93. The third-order valence-electron chi connectivity index (χ3n) is 2.90. The van der Waals surface area contributed by atoms with Crippen molar-refractivity contribution in [2.75, 3.05) is 20.7 Å². The molecule has 1 rings (SSSR count). The molecule has 0 bridgehead atoms. The van der Waals surface area contributed by atoms with Crippen molar-refractivity contribution >= 4 is 5.91 Å². The lowest BCUT2D eigenvalue weighted by Crippen LogP contribution is -2.39. The van der Waals surface area contributed by atoms with E-state index in [1.807, 2.05) is 0 Å². The number of rotatable bonds is 4. The van der Waals surface area contributed by atoms with Gasteiger partial charge in [-0.15, -0.1) is 0 Å². The zero-order valence-electron chi connectivity index (χ0n) is 9.74. The maximum absolute atomic E-state index is 11.3. The van der Waals surface area contributed by atoms with Crippen molar-refractivity contribution in [1.82, 2.24) is 4.90 Å². The summed E-state index contributed by atoms with van der Waals surface area (Å²) in [6, 6.07) is 0.160. The first-order valence-corrected chi connectivity index (χ1v) is 5.68. The van der Waals surface area contributed by atoms with Gasteiger partial charge in [0.05, 0.1) is 19.1 Å². The second-order valence-corrected chi connectivity index (χ2v) is 4.40. The second kappa shape index (κ2) is 6.08. The maximum Gasteiger partial charge on any atom is 0.224 e. The molecule has 4 nitrogen and oxygen atoms in total. The van der Waals surface area contributed by atoms with Gasteiger partial charge in [0.15, 0.2) is 0 Å². The van der Waals surface area contributed by atoms with E-state index in [-0.39, 0.29) is 18.1 Å². The van der Waals surface area contributed by atoms with Crippen LogP contribution in [0.2, 0.25) is 0 Å². The fraction of sp³-hybridized carbons (Fsp3) is 0.909. The molecule has 1 fully saturated rings. The molecule has 0 radical (unpaired) electrons. The van der Waals surface area contributed by atoms with E-state index < -0.39 is 0 Å². The lowest BCUT2D eigenvalue weighted by Gasteiger charge is -2.28. The van der Waals surface area contributed by atoms with Gasteiger partial charge in [-0.05, 0) is 12.8 Å². The zero-order chi connectivity index (χ0) is 11.3. The molecule has 4 heteroatoms. The van der Waals surface area contributed by atoms with Crippen molar-refractivity contribution in [3.05, 3.63) is 0 Å². The molecule has 1 saturated carbocycles. The van der Waals surface area contributed by atoms with E-state index in [1.54, 1.807) is 19.0 Å². The van der Waals surface area contributed by atoms with Gasteiger partial charge in [0.25, 0.3) is 0 Å². The summed E-state index contributed by atoms with van der Waals surface area (Å²) in [5, 5.41) is 0. The van der Waals surface area contributed by atoms with Gasteiger partial charge >= 0.3 is 0 Å². The fourth-order valence-electron chi connectivity index (χ4n) is 1.85. The first-order valence-electron chi connectivity index (χ1n) is 5.68. The van der Waals surface area contributed by atoms with Crippen LogP contribution in [0, 0.1) is 0 Å². The van der Waals surface area contributed by atoms with Crippen LogP contribution in [0.15, 0.2) is 0 Å². The SMILES string of the molecule is CN(C)C(=O)CCOC1CCCCC1N. The monoisotopic (exact) mass is 214 g/mol. The highest BCUT2D eigenvalue weighted by Crippen LogP contribution is 2.19. The van der Waals surface area contributed by atoms with E-state index in [1.165, 1.54) is 12.8 Å². The minimum Gasteiger partial charge on any atom is -0.376 e. The van der Waals surface area contributed by atoms with Crippen molar-refractivity contribution in [2.45, 2.75) is 44.2 Å². The lowest BCUT2D eigenvalue weighted by molar-refractivity contribution is -0.130. The summed E-state index contributed by atoms with van der Waals surface area (Å²) in [6.45, 7) is 0.495. The van der Waals surface area contributed by atoms with E-state index in [2.05, 4.69) is 0 Å². The highest BCUT2D eigenvalue weighted by Gasteiger charge is 2.22. The Labute approximate surface area is 91.8 Å². The molecule has 1 aliphatic rings. The minimum atomic E-state index is 0.111. The molecule has 2 N–H and O–H groups in total. The predicted octanol–water partition coefficient (Wildman–Crippen LogP) is 0.751. The van der Waals surface area contributed by atoms with Crippen LogP contribution in [0.5, 0.6) is 0 Å². The van der Waals surface area contributed by atoms with Crippen LogP contribution < -0.4 is 5.73 Å². The quantitative estimate of drug-likeness (QED) is 0.751. The molecule has 0 aromatic heterocycles.